The number of hydrogen-bond donors (Lipinski definition) is 3. The monoisotopic (exact) mass is 500 g/mol. The Bertz CT molecular complexity index is 852. The summed E-state index contributed by atoms with van der Waals surface area (Å²) in [7, 11) is 0. The standard InChI is InChI=1S/C29H44N2O5/c1-4-5-16-22(26(32)25-24(27(25)33)21-14-10-7-11-15-21)30-28(34)23(17-19(2)3)31-29(35)36-18-20-12-8-6-9-13-20/h7,10-11,14-15,19-20,22-26,32H,4-6,8-9,12-13,16-18H2,1-3H3,(H,30,34)(H,31,35)/t22-,23-,24?,25?,26?/m0/s1. The molecule has 0 aromatic heterocycles. The molecule has 36 heavy (non-hydrogen) atoms. The molecule has 5 atom stereocenters. The van der Waals surface area contributed by atoms with Crippen molar-refractivity contribution < 1.29 is 24.2 Å². The Morgan fingerprint density at radius 3 is 2.42 bits per heavy atom. The second-order valence-corrected chi connectivity index (χ2v) is 11.0. The van der Waals surface area contributed by atoms with E-state index < -0.39 is 30.2 Å². The van der Waals surface area contributed by atoms with Gasteiger partial charge in [0.05, 0.1) is 30.6 Å². The van der Waals surface area contributed by atoms with Crippen LogP contribution in [0.5, 0.6) is 0 Å². The van der Waals surface area contributed by atoms with E-state index in [1.54, 1.807) is 0 Å². The molecule has 0 aliphatic heterocycles. The second-order valence-electron chi connectivity index (χ2n) is 11.0. The van der Waals surface area contributed by atoms with Crippen molar-refractivity contribution in [2.24, 2.45) is 17.8 Å². The lowest BCUT2D eigenvalue weighted by Gasteiger charge is -2.28. The van der Waals surface area contributed by atoms with E-state index >= 15 is 0 Å². The van der Waals surface area contributed by atoms with Crippen LogP contribution in [-0.2, 0) is 14.3 Å². The number of nitrogens with one attached hydrogen (secondary N) is 2. The highest BCUT2D eigenvalue weighted by molar-refractivity contribution is 6.05. The van der Waals surface area contributed by atoms with E-state index in [-0.39, 0.29) is 23.5 Å². The smallest absolute Gasteiger partial charge is 0.407 e. The Morgan fingerprint density at radius 1 is 1.08 bits per heavy atom. The Hall–Kier alpha value is -2.41. The summed E-state index contributed by atoms with van der Waals surface area (Å²) < 4.78 is 5.46. The summed E-state index contributed by atoms with van der Waals surface area (Å²) in [6, 6.07) is 8.14. The van der Waals surface area contributed by atoms with E-state index in [2.05, 4.69) is 10.6 Å². The number of carbonyl (C=O) groups is 3. The number of rotatable bonds is 13. The van der Waals surface area contributed by atoms with Crippen LogP contribution in [-0.4, -0.2) is 47.7 Å². The first-order chi connectivity index (χ1) is 17.3. The SMILES string of the molecule is CCCC[C@H](NC(=O)[C@H](CC(C)C)NC(=O)OCC1CCCCC1)C(O)C1C(=O)C1c1ccccc1. The lowest BCUT2D eigenvalue weighted by molar-refractivity contribution is -0.125. The molecule has 3 unspecified atom stereocenters. The molecule has 1 aromatic rings. The minimum absolute atomic E-state index is 0.00703. The molecule has 2 aliphatic carbocycles. The zero-order valence-electron chi connectivity index (χ0n) is 22.1. The maximum atomic E-state index is 13.3. The first-order valence-corrected chi connectivity index (χ1v) is 13.8. The summed E-state index contributed by atoms with van der Waals surface area (Å²) in [5, 5.41) is 16.9. The zero-order chi connectivity index (χ0) is 26.1. The van der Waals surface area contributed by atoms with Gasteiger partial charge >= 0.3 is 6.09 Å². The summed E-state index contributed by atoms with van der Waals surface area (Å²) in [6.45, 7) is 6.41. The first kappa shape index (κ1) is 28.2. The number of benzene rings is 1. The predicted molar refractivity (Wildman–Crippen MR) is 139 cm³/mol. The van der Waals surface area contributed by atoms with Gasteiger partial charge in [-0.1, -0.05) is 83.2 Å². The molecule has 7 heteroatoms. The van der Waals surface area contributed by atoms with Gasteiger partial charge in [-0.2, -0.15) is 0 Å². The lowest BCUT2D eigenvalue weighted by atomic mass is 9.90. The Labute approximate surface area is 215 Å². The molecule has 200 valence electrons. The van der Waals surface area contributed by atoms with E-state index in [1.165, 1.54) is 19.3 Å². The van der Waals surface area contributed by atoms with Crippen LogP contribution < -0.4 is 10.6 Å². The topological polar surface area (TPSA) is 105 Å². The van der Waals surface area contributed by atoms with Gasteiger partial charge in [0.15, 0.2) is 0 Å². The normalized spacial score (nSPS) is 22.5. The maximum absolute atomic E-state index is 13.3. The number of aliphatic hydroxyl groups excluding tert-OH is 1. The highest BCUT2D eigenvalue weighted by atomic mass is 16.5. The van der Waals surface area contributed by atoms with Crippen LogP contribution in [0, 0.1) is 17.8 Å². The minimum atomic E-state index is -0.976. The molecule has 0 heterocycles. The number of Topliss-reactive ketones (excluding diaryl/α,β-unsaturated/α-hetero) is 1. The highest BCUT2D eigenvalue weighted by Gasteiger charge is 2.55. The van der Waals surface area contributed by atoms with Gasteiger partial charge in [0.25, 0.3) is 0 Å². The molecule has 3 rings (SSSR count). The third-order valence-electron chi connectivity index (χ3n) is 7.51. The van der Waals surface area contributed by atoms with E-state index in [9.17, 15) is 19.5 Å². The predicted octanol–water partition coefficient (Wildman–Crippen LogP) is 4.73. The van der Waals surface area contributed by atoms with Crippen molar-refractivity contribution in [3.05, 3.63) is 35.9 Å². The van der Waals surface area contributed by atoms with E-state index in [0.717, 1.165) is 31.2 Å². The largest absolute Gasteiger partial charge is 0.449 e. The molecule has 0 spiro atoms. The van der Waals surface area contributed by atoms with Gasteiger partial charge in [-0.25, -0.2) is 4.79 Å². The van der Waals surface area contributed by atoms with Gasteiger partial charge in [0, 0.05) is 0 Å². The molecule has 1 aromatic carbocycles. The number of amides is 2. The zero-order valence-corrected chi connectivity index (χ0v) is 22.1. The molecule has 2 aliphatic rings. The Morgan fingerprint density at radius 2 is 1.78 bits per heavy atom. The van der Waals surface area contributed by atoms with Crippen molar-refractivity contribution in [3.8, 4) is 0 Å². The minimum Gasteiger partial charge on any atom is -0.449 e. The molecule has 0 saturated heterocycles. The second kappa shape index (κ2) is 13.8. The third kappa shape index (κ3) is 8.05. The molecule has 3 N–H and O–H groups in total. The molecule has 2 saturated carbocycles. The van der Waals surface area contributed by atoms with Gasteiger partial charge in [-0.05, 0) is 43.1 Å². The average molecular weight is 501 g/mol. The molecule has 2 amide bonds. The molecule has 0 bridgehead atoms. The van der Waals surface area contributed by atoms with Crippen molar-refractivity contribution in [2.45, 2.75) is 103 Å². The van der Waals surface area contributed by atoms with Crippen molar-refractivity contribution in [1.29, 1.82) is 0 Å². The molecular formula is C29H44N2O5. The number of alkyl carbamates (subject to hydrolysis) is 1. The summed E-state index contributed by atoms with van der Waals surface area (Å²) in [4.78, 5) is 38.4. The van der Waals surface area contributed by atoms with Crippen LogP contribution >= 0.6 is 0 Å². The summed E-state index contributed by atoms with van der Waals surface area (Å²) >= 11 is 0. The third-order valence-corrected chi connectivity index (χ3v) is 7.51. The van der Waals surface area contributed by atoms with Gasteiger partial charge in [0.2, 0.25) is 5.91 Å². The highest BCUT2D eigenvalue weighted by Crippen LogP contribution is 2.46. The quantitative estimate of drug-likeness (QED) is 0.363. The van der Waals surface area contributed by atoms with Gasteiger partial charge in [0.1, 0.15) is 11.8 Å². The fourth-order valence-electron chi connectivity index (χ4n) is 5.38. The number of hydrogen-bond acceptors (Lipinski definition) is 5. The molecule has 7 nitrogen and oxygen atoms in total. The van der Waals surface area contributed by atoms with Crippen LogP contribution in [0.4, 0.5) is 4.79 Å². The molecule has 2 fully saturated rings. The number of carbonyl (C=O) groups excluding carboxylic acids is 3. The lowest BCUT2D eigenvalue weighted by Crippen LogP contribution is -2.53. The van der Waals surface area contributed by atoms with Crippen molar-refractivity contribution in [2.75, 3.05) is 6.61 Å². The fourth-order valence-corrected chi connectivity index (χ4v) is 5.38. The van der Waals surface area contributed by atoms with Crippen molar-refractivity contribution >= 4 is 17.8 Å². The summed E-state index contributed by atoms with van der Waals surface area (Å²) in [5.74, 6) is -0.626. The van der Waals surface area contributed by atoms with Crippen LogP contribution in [0.2, 0.25) is 0 Å². The number of ketones is 1. The van der Waals surface area contributed by atoms with Gasteiger partial charge < -0.3 is 20.5 Å². The fraction of sp³-hybridized carbons (Fsp3) is 0.690. The summed E-state index contributed by atoms with van der Waals surface area (Å²) in [5.41, 5.74) is 0.896. The number of unbranched alkanes of at least 4 members (excludes halogenated alkanes) is 1. The van der Waals surface area contributed by atoms with Crippen LogP contribution in [0.15, 0.2) is 30.3 Å². The van der Waals surface area contributed by atoms with Crippen LogP contribution in [0.25, 0.3) is 0 Å². The van der Waals surface area contributed by atoms with Crippen molar-refractivity contribution in [1.82, 2.24) is 10.6 Å². The van der Waals surface area contributed by atoms with Crippen molar-refractivity contribution in [3.63, 3.8) is 0 Å². The number of aliphatic hydroxyl groups is 1. The van der Waals surface area contributed by atoms with E-state index in [4.69, 9.17) is 4.74 Å². The Kier molecular flexibility index (Phi) is 10.8. The van der Waals surface area contributed by atoms with E-state index in [0.29, 0.717) is 25.4 Å². The van der Waals surface area contributed by atoms with Gasteiger partial charge in [-0.15, -0.1) is 0 Å². The maximum Gasteiger partial charge on any atom is 0.407 e. The molecular weight excluding hydrogens is 456 g/mol. The first-order valence-electron chi connectivity index (χ1n) is 13.8. The number of ether oxygens (including phenoxy) is 1. The molecule has 0 radical (unpaired) electrons. The Balaban J connectivity index is 1.61. The summed E-state index contributed by atoms with van der Waals surface area (Å²) in [6.07, 6.45) is 6.91. The van der Waals surface area contributed by atoms with E-state index in [1.807, 2.05) is 51.1 Å². The van der Waals surface area contributed by atoms with Gasteiger partial charge in [-0.3, -0.25) is 9.59 Å². The average Bonchev–Trinajstić information content (AvgIpc) is 3.55. The van der Waals surface area contributed by atoms with Crippen LogP contribution in [0.3, 0.4) is 0 Å². The van der Waals surface area contributed by atoms with Crippen LogP contribution in [0.1, 0.15) is 90.0 Å².